The minimum Gasteiger partial charge on any atom is -0.305 e. The summed E-state index contributed by atoms with van der Waals surface area (Å²) in [5.74, 6) is 0.534. The van der Waals surface area contributed by atoms with Crippen LogP contribution in [0.1, 0.15) is 32.4 Å². The van der Waals surface area contributed by atoms with Gasteiger partial charge in [0.15, 0.2) is 9.84 Å². The minimum atomic E-state index is -2.85. The summed E-state index contributed by atoms with van der Waals surface area (Å²) >= 11 is 0. The van der Waals surface area contributed by atoms with E-state index in [1.54, 1.807) is 6.20 Å². The molecular weight excluding hydrogens is 250 g/mol. The number of rotatable bonds is 5. The highest BCUT2D eigenvalue weighted by Gasteiger charge is 2.37. The van der Waals surface area contributed by atoms with E-state index in [2.05, 4.69) is 17.3 Å². The van der Waals surface area contributed by atoms with Crippen LogP contribution in [0, 0.1) is 0 Å². The van der Waals surface area contributed by atoms with Crippen molar-refractivity contribution in [1.29, 1.82) is 0 Å². The first-order valence-electron chi connectivity index (χ1n) is 6.40. The van der Waals surface area contributed by atoms with Crippen LogP contribution in [0.2, 0.25) is 0 Å². The lowest BCUT2D eigenvalue weighted by atomic mass is 10.0. The van der Waals surface area contributed by atoms with Crippen molar-refractivity contribution in [3.63, 3.8) is 0 Å². The third-order valence-electron chi connectivity index (χ3n) is 3.44. The van der Waals surface area contributed by atoms with Gasteiger partial charge in [-0.25, -0.2) is 8.42 Å². The van der Waals surface area contributed by atoms with E-state index in [4.69, 9.17) is 0 Å². The third-order valence-corrected chi connectivity index (χ3v) is 5.34. The molecule has 0 aliphatic carbocycles. The highest BCUT2D eigenvalue weighted by Crippen LogP contribution is 2.23. The molecule has 1 N–H and O–H groups in total. The normalized spacial score (nSPS) is 26.6. The molecule has 6 heteroatoms. The monoisotopic (exact) mass is 271 g/mol. The number of nitrogens with zero attached hydrogens (tertiary/aromatic N) is 2. The van der Waals surface area contributed by atoms with Crippen LogP contribution < -0.4 is 5.32 Å². The summed E-state index contributed by atoms with van der Waals surface area (Å²) in [5, 5.41) is 7.64. The van der Waals surface area contributed by atoms with E-state index in [0.29, 0.717) is 18.7 Å². The summed E-state index contributed by atoms with van der Waals surface area (Å²) in [7, 11) is -2.85. The summed E-state index contributed by atoms with van der Waals surface area (Å²) in [6, 6.07) is 1.98. The molecule has 0 radical (unpaired) electrons. The molecular formula is C12H21N3O2S. The van der Waals surface area contributed by atoms with Crippen molar-refractivity contribution in [2.75, 3.05) is 11.5 Å². The van der Waals surface area contributed by atoms with Gasteiger partial charge in [0.25, 0.3) is 0 Å². The second kappa shape index (κ2) is 5.01. The number of hydrogen-bond donors (Lipinski definition) is 1. The Balaban J connectivity index is 1.97. The number of nitrogens with one attached hydrogen (secondary N) is 1. The summed E-state index contributed by atoms with van der Waals surface area (Å²) < 4.78 is 25.0. The minimum absolute atomic E-state index is 0.238. The molecule has 5 nitrogen and oxygen atoms in total. The van der Waals surface area contributed by atoms with Gasteiger partial charge < -0.3 is 5.32 Å². The van der Waals surface area contributed by atoms with E-state index in [-0.39, 0.29) is 11.3 Å². The lowest BCUT2D eigenvalue weighted by molar-refractivity contribution is 0.385. The topological polar surface area (TPSA) is 64.0 Å². The van der Waals surface area contributed by atoms with Crippen molar-refractivity contribution in [3.05, 3.63) is 18.0 Å². The molecule has 18 heavy (non-hydrogen) atoms. The predicted molar refractivity (Wildman–Crippen MR) is 71.0 cm³/mol. The van der Waals surface area contributed by atoms with E-state index < -0.39 is 9.84 Å². The summed E-state index contributed by atoms with van der Waals surface area (Å²) in [6.45, 7) is 5.67. The predicted octanol–water partition coefficient (Wildman–Crippen LogP) is 0.960. The van der Waals surface area contributed by atoms with Crippen molar-refractivity contribution in [2.24, 2.45) is 0 Å². The van der Waals surface area contributed by atoms with E-state index in [0.717, 1.165) is 18.7 Å². The Hall–Kier alpha value is -0.880. The van der Waals surface area contributed by atoms with Gasteiger partial charge in [-0.2, -0.15) is 5.10 Å². The van der Waals surface area contributed by atoms with Crippen LogP contribution in [0.3, 0.4) is 0 Å². The van der Waals surface area contributed by atoms with Crippen LogP contribution in [-0.4, -0.2) is 35.2 Å². The van der Waals surface area contributed by atoms with Crippen LogP contribution in [0.25, 0.3) is 0 Å². The van der Waals surface area contributed by atoms with Crippen LogP contribution in [0.5, 0.6) is 0 Å². The van der Waals surface area contributed by atoms with Crippen LogP contribution in [0.4, 0.5) is 0 Å². The van der Waals surface area contributed by atoms with E-state index in [1.165, 1.54) is 0 Å². The average Bonchev–Trinajstić information content (AvgIpc) is 2.82. The number of aryl methyl sites for hydroxylation is 1. The molecule has 0 bridgehead atoms. The van der Waals surface area contributed by atoms with E-state index in [9.17, 15) is 8.42 Å². The molecule has 2 heterocycles. The smallest absolute Gasteiger partial charge is 0.152 e. The van der Waals surface area contributed by atoms with Gasteiger partial charge in [-0.15, -0.1) is 0 Å². The molecule has 102 valence electrons. The van der Waals surface area contributed by atoms with Gasteiger partial charge in [-0.3, -0.25) is 4.68 Å². The largest absolute Gasteiger partial charge is 0.305 e. The lowest BCUT2D eigenvalue weighted by Crippen LogP contribution is -2.43. The first-order chi connectivity index (χ1) is 8.44. The van der Waals surface area contributed by atoms with Crippen molar-refractivity contribution < 1.29 is 8.42 Å². The van der Waals surface area contributed by atoms with Gasteiger partial charge in [0.2, 0.25) is 0 Å². The molecule has 1 aliphatic heterocycles. The Morgan fingerprint density at radius 2 is 2.33 bits per heavy atom. The fourth-order valence-electron chi connectivity index (χ4n) is 2.38. The van der Waals surface area contributed by atoms with E-state index >= 15 is 0 Å². The molecule has 1 aliphatic rings. The number of sulfone groups is 1. The summed E-state index contributed by atoms with van der Waals surface area (Å²) in [5.41, 5.74) is 0.822. The summed E-state index contributed by atoms with van der Waals surface area (Å²) in [4.78, 5) is 0. The molecule has 1 saturated heterocycles. The number of aromatic nitrogens is 2. The molecule has 1 aromatic rings. The molecule has 0 amide bonds. The Labute approximate surface area is 108 Å². The maximum absolute atomic E-state index is 11.5. The molecule has 2 rings (SSSR count). The first kappa shape index (κ1) is 13.5. The van der Waals surface area contributed by atoms with Crippen molar-refractivity contribution in [3.8, 4) is 0 Å². The van der Waals surface area contributed by atoms with Crippen molar-refractivity contribution in [1.82, 2.24) is 15.1 Å². The molecule has 0 saturated carbocycles. The van der Waals surface area contributed by atoms with Gasteiger partial charge in [-0.05, 0) is 25.8 Å². The lowest BCUT2D eigenvalue weighted by Gasteiger charge is -2.24. The molecule has 1 fully saturated rings. The molecule has 1 atom stereocenters. The molecule has 0 aromatic carbocycles. The fourth-order valence-corrected chi connectivity index (χ4v) is 4.50. The maximum atomic E-state index is 11.5. The fraction of sp³-hybridized carbons (Fsp3) is 0.750. The Kier molecular flexibility index (Phi) is 3.77. The van der Waals surface area contributed by atoms with Crippen molar-refractivity contribution >= 4 is 9.84 Å². The molecule has 1 unspecified atom stereocenters. The SMILES string of the molecule is CCCn1nccc1CNC1(C)CCS(=O)(=O)C1. The molecule has 0 spiro atoms. The van der Waals surface area contributed by atoms with Gasteiger partial charge >= 0.3 is 0 Å². The van der Waals surface area contributed by atoms with Crippen LogP contribution >= 0.6 is 0 Å². The quantitative estimate of drug-likeness (QED) is 0.866. The Morgan fingerprint density at radius 3 is 2.94 bits per heavy atom. The van der Waals surface area contributed by atoms with Crippen LogP contribution in [0.15, 0.2) is 12.3 Å². The first-order valence-corrected chi connectivity index (χ1v) is 8.22. The zero-order valence-corrected chi connectivity index (χ0v) is 11.8. The van der Waals surface area contributed by atoms with Gasteiger partial charge in [-0.1, -0.05) is 6.92 Å². The second-order valence-corrected chi connectivity index (χ2v) is 7.49. The van der Waals surface area contributed by atoms with Gasteiger partial charge in [0.1, 0.15) is 0 Å². The standard InChI is InChI=1S/C12H21N3O2S/c1-3-7-15-11(4-6-14-15)9-13-12(2)5-8-18(16,17)10-12/h4,6,13H,3,5,7-10H2,1-2H3. The van der Waals surface area contributed by atoms with E-state index in [1.807, 2.05) is 17.7 Å². The molecule has 1 aromatic heterocycles. The highest BCUT2D eigenvalue weighted by molar-refractivity contribution is 7.91. The maximum Gasteiger partial charge on any atom is 0.152 e. The van der Waals surface area contributed by atoms with Gasteiger partial charge in [0, 0.05) is 24.8 Å². The summed E-state index contributed by atoms with van der Waals surface area (Å²) in [6.07, 6.45) is 3.53. The third kappa shape index (κ3) is 3.11. The zero-order chi connectivity index (χ0) is 13.2. The number of hydrogen-bond acceptors (Lipinski definition) is 4. The van der Waals surface area contributed by atoms with Crippen molar-refractivity contribution in [2.45, 2.75) is 45.3 Å². The highest BCUT2D eigenvalue weighted by atomic mass is 32.2. The second-order valence-electron chi connectivity index (χ2n) is 5.30. The zero-order valence-electron chi connectivity index (χ0n) is 11.0. The average molecular weight is 271 g/mol. The Morgan fingerprint density at radius 1 is 1.56 bits per heavy atom. The van der Waals surface area contributed by atoms with Crippen LogP contribution in [-0.2, 0) is 22.9 Å². The van der Waals surface area contributed by atoms with Gasteiger partial charge in [0.05, 0.1) is 17.2 Å². The Bertz CT molecular complexity index is 509.